The van der Waals surface area contributed by atoms with Crippen LogP contribution in [0.3, 0.4) is 0 Å². The molecule has 1 heterocycles. The Labute approximate surface area is 120 Å². The number of halogens is 1. The zero-order valence-electron chi connectivity index (χ0n) is 11.1. The van der Waals surface area contributed by atoms with Crippen molar-refractivity contribution in [3.63, 3.8) is 0 Å². The van der Waals surface area contributed by atoms with E-state index in [1.807, 2.05) is 0 Å². The number of hydrogen-bond donors (Lipinski definition) is 1. The molecule has 1 N–H and O–H groups in total. The Bertz CT molecular complexity index is 845. The van der Waals surface area contributed by atoms with E-state index in [0.717, 1.165) is 0 Å². The fourth-order valence-electron chi connectivity index (χ4n) is 2.27. The summed E-state index contributed by atoms with van der Waals surface area (Å²) >= 11 is 0. The van der Waals surface area contributed by atoms with Crippen molar-refractivity contribution >= 4 is 10.9 Å². The van der Waals surface area contributed by atoms with Crippen LogP contribution in [0, 0.1) is 5.82 Å². The van der Waals surface area contributed by atoms with Crippen LogP contribution in [-0.4, -0.2) is 14.7 Å². The number of para-hydroxylation sites is 1. The second kappa shape index (κ2) is 5.46. The number of fused-ring (bicyclic) bond motifs is 1. The maximum Gasteiger partial charge on any atom is 0.261 e. The zero-order chi connectivity index (χ0) is 14.8. The minimum Gasteiger partial charge on any atom is -0.386 e. The number of nitrogens with zero attached hydrogens (tertiary/aromatic N) is 2. The van der Waals surface area contributed by atoms with Gasteiger partial charge in [0, 0.05) is 5.56 Å². The summed E-state index contributed by atoms with van der Waals surface area (Å²) in [7, 11) is 0. The fraction of sp³-hybridized carbons (Fsp3) is 0.125. The number of hydrogen-bond acceptors (Lipinski definition) is 3. The van der Waals surface area contributed by atoms with Crippen molar-refractivity contribution in [3.05, 3.63) is 76.6 Å². The van der Waals surface area contributed by atoms with Crippen LogP contribution in [0.5, 0.6) is 0 Å². The monoisotopic (exact) mass is 284 g/mol. The van der Waals surface area contributed by atoms with E-state index in [4.69, 9.17) is 0 Å². The third kappa shape index (κ3) is 2.55. The lowest BCUT2D eigenvalue weighted by atomic mass is 10.1. The summed E-state index contributed by atoms with van der Waals surface area (Å²) in [5.74, 6) is -0.494. The average Bonchev–Trinajstić information content (AvgIpc) is 2.51. The van der Waals surface area contributed by atoms with Crippen molar-refractivity contribution in [2.24, 2.45) is 0 Å². The van der Waals surface area contributed by atoms with Gasteiger partial charge in [-0.3, -0.25) is 9.36 Å². The van der Waals surface area contributed by atoms with E-state index >= 15 is 0 Å². The summed E-state index contributed by atoms with van der Waals surface area (Å²) in [5.41, 5.74) is 0.507. The lowest BCUT2D eigenvalue weighted by Crippen LogP contribution is -2.24. The second-order valence-electron chi connectivity index (χ2n) is 4.76. The highest BCUT2D eigenvalue weighted by molar-refractivity contribution is 5.76. The Morgan fingerprint density at radius 3 is 2.67 bits per heavy atom. The fourth-order valence-corrected chi connectivity index (χ4v) is 2.27. The van der Waals surface area contributed by atoms with Gasteiger partial charge in [0.15, 0.2) is 0 Å². The molecule has 0 fully saturated rings. The first kappa shape index (κ1) is 13.5. The summed E-state index contributed by atoms with van der Waals surface area (Å²) in [6, 6.07) is 12.9. The van der Waals surface area contributed by atoms with Crippen molar-refractivity contribution in [1.82, 2.24) is 9.55 Å². The molecular weight excluding hydrogens is 271 g/mol. The van der Waals surface area contributed by atoms with Gasteiger partial charge in [0.05, 0.1) is 29.9 Å². The molecule has 3 aromatic rings. The molecule has 5 heteroatoms. The summed E-state index contributed by atoms with van der Waals surface area (Å²) in [4.78, 5) is 16.5. The van der Waals surface area contributed by atoms with Crippen LogP contribution in [0.1, 0.15) is 11.7 Å². The third-order valence-corrected chi connectivity index (χ3v) is 3.37. The van der Waals surface area contributed by atoms with Crippen LogP contribution in [0.4, 0.5) is 4.39 Å². The molecule has 21 heavy (non-hydrogen) atoms. The molecule has 2 aromatic carbocycles. The average molecular weight is 284 g/mol. The Morgan fingerprint density at radius 1 is 1.14 bits per heavy atom. The summed E-state index contributed by atoms with van der Waals surface area (Å²) in [5, 5.41) is 10.6. The molecule has 1 atom stereocenters. The van der Waals surface area contributed by atoms with Crippen LogP contribution in [0.15, 0.2) is 59.7 Å². The van der Waals surface area contributed by atoms with E-state index in [-0.39, 0.29) is 17.7 Å². The molecule has 0 aliphatic heterocycles. The molecule has 0 amide bonds. The highest BCUT2D eigenvalue weighted by Gasteiger charge is 2.14. The predicted molar refractivity (Wildman–Crippen MR) is 77.4 cm³/mol. The van der Waals surface area contributed by atoms with E-state index in [2.05, 4.69) is 4.98 Å². The molecule has 0 bridgehead atoms. The maximum atomic E-state index is 13.6. The van der Waals surface area contributed by atoms with Crippen LogP contribution in [-0.2, 0) is 6.54 Å². The first-order valence-electron chi connectivity index (χ1n) is 6.53. The summed E-state index contributed by atoms with van der Waals surface area (Å²) < 4.78 is 14.9. The van der Waals surface area contributed by atoms with Crippen molar-refractivity contribution in [1.29, 1.82) is 0 Å². The number of aliphatic hydroxyl groups excluding tert-OH is 1. The van der Waals surface area contributed by atoms with Gasteiger partial charge in [0.2, 0.25) is 0 Å². The molecule has 3 rings (SSSR count). The van der Waals surface area contributed by atoms with E-state index in [0.29, 0.717) is 10.9 Å². The van der Waals surface area contributed by atoms with Gasteiger partial charge >= 0.3 is 0 Å². The Kier molecular flexibility index (Phi) is 3.50. The highest BCUT2D eigenvalue weighted by Crippen LogP contribution is 2.18. The number of aliphatic hydroxyl groups is 1. The van der Waals surface area contributed by atoms with E-state index < -0.39 is 11.9 Å². The SMILES string of the molecule is O=c1c2ccccc2ncn1C[C@@H](O)c1ccccc1F. The van der Waals surface area contributed by atoms with Gasteiger partial charge in [-0.15, -0.1) is 0 Å². The summed E-state index contributed by atoms with van der Waals surface area (Å²) in [6.45, 7) is -0.0440. The first-order valence-corrected chi connectivity index (χ1v) is 6.53. The van der Waals surface area contributed by atoms with E-state index in [1.54, 1.807) is 36.4 Å². The number of benzene rings is 2. The highest BCUT2D eigenvalue weighted by atomic mass is 19.1. The zero-order valence-corrected chi connectivity index (χ0v) is 11.1. The number of rotatable bonds is 3. The van der Waals surface area contributed by atoms with Gasteiger partial charge in [-0.05, 0) is 18.2 Å². The van der Waals surface area contributed by atoms with Gasteiger partial charge in [-0.25, -0.2) is 9.37 Å². The smallest absolute Gasteiger partial charge is 0.261 e. The second-order valence-corrected chi connectivity index (χ2v) is 4.76. The molecule has 4 nitrogen and oxygen atoms in total. The normalized spacial score (nSPS) is 12.5. The largest absolute Gasteiger partial charge is 0.386 e. The molecule has 0 radical (unpaired) electrons. The summed E-state index contributed by atoms with van der Waals surface area (Å²) in [6.07, 6.45) is 0.265. The number of aromatic nitrogens is 2. The Balaban J connectivity index is 1.97. The molecule has 1 aromatic heterocycles. The van der Waals surface area contributed by atoms with Gasteiger partial charge in [0.1, 0.15) is 5.82 Å². The lowest BCUT2D eigenvalue weighted by molar-refractivity contribution is 0.150. The topological polar surface area (TPSA) is 55.1 Å². The molecule has 0 aliphatic rings. The van der Waals surface area contributed by atoms with Gasteiger partial charge < -0.3 is 5.11 Å². The third-order valence-electron chi connectivity index (χ3n) is 3.37. The van der Waals surface area contributed by atoms with E-state index in [1.165, 1.54) is 23.0 Å². The van der Waals surface area contributed by atoms with Crippen LogP contribution >= 0.6 is 0 Å². The van der Waals surface area contributed by atoms with Crippen molar-refractivity contribution in [2.45, 2.75) is 12.6 Å². The lowest BCUT2D eigenvalue weighted by Gasteiger charge is -2.13. The van der Waals surface area contributed by atoms with Crippen LogP contribution in [0.25, 0.3) is 10.9 Å². The quantitative estimate of drug-likeness (QED) is 0.802. The molecule has 106 valence electrons. The van der Waals surface area contributed by atoms with Gasteiger partial charge in [-0.1, -0.05) is 30.3 Å². The Hall–Kier alpha value is -2.53. The van der Waals surface area contributed by atoms with Crippen molar-refractivity contribution in [2.75, 3.05) is 0 Å². The molecular formula is C16H13FN2O2. The van der Waals surface area contributed by atoms with Crippen LogP contribution in [0.2, 0.25) is 0 Å². The minimum atomic E-state index is -1.10. The first-order chi connectivity index (χ1) is 10.2. The maximum absolute atomic E-state index is 13.6. The predicted octanol–water partition coefficient (Wildman–Crippen LogP) is 2.27. The molecule has 0 saturated carbocycles. The minimum absolute atomic E-state index is 0.0440. The van der Waals surface area contributed by atoms with Crippen molar-refractivity contribution < 1.29 is 9.50 Å². The van der Waals surface area contributed by atoms with Crippen molar-refractivity contribution in [3.8, 4) is 0 Å². The molecule has 0 aliphatic carbocycles. The standard InChI is InChI=1S/C16H13FN2O2/c17-13-7-3-1-5-11(13)15(20)9-19-10-18-14-8-4-2-6-12(14)16(19)21/h1-8,10,15,20H,9H2/t15-/m1/s1. The van der Waals surface area contributed by atoms with Crippen LogP contribution < -0.4 is 5.56 Å². The molecule has 0 unspecified atom stereocenters. The van der Waals surface area contributed by atoms with Gasteiger partial charge in [0.25, 0.3) is 5.56 Å². The molecule has 0 spiro atoms. The van der Waals surface area contributed by atoms with Gasteiger partial charge in [-0.2, -0.15) is 0 Å². The molecule has 0 saturated heterocycles. The Morgan fingerprint density at radius 2 is 1.86 bits per heavy atom. The van der Waals surface area contributed by atoms with E-state index in [9.17, 15) is 14.3 Å².